The van der Waals surface area contributed by atoms with E-state index in [1.807, 2.05) is 0 Å². The molecule has 0 aliphatic carbocycles. The van der Waals surface area contributed by atoms with E-state index in [-0.39, 0.29) is 12.5 Å². The number of rotatable bonds is 7. The van der Waals surface area contributed by atoms with Crippen molar-refractivity contribution in [3.05, 3.63) is 66.1 Å². The molecule has 0 aromatic carbocycles. The van der Waals surface area contributed by atoms with E-state index in [9.17, 15) is 22.4 Å². The average Bonchev–Trinajstić information content (AvgIpc) is 3.27. The first-order chi connectivity index (χ1) is 14.7. The largest absolute Gasteiger partial charge is 0.473 e. The third-order valence-corrected chi connectivity index (χ3v) is 4.51. The van der Waals surface area contributed by atoms with E-state index in [0.717, 1.165) is 0 Å². The number of hydrogen-bond donors (Lipinski definition) is 0. The Morgan fingerprint density at radius 1 is 1.29 bits per heavy atom. The zero-order valence-electron chi connectivity index (χ0n) is 16.7. The van der Waals surface area contributed by atoms with Crippen molar-refractivity contribution in [2.24, 2.45) is 0 Å². The molecule has 3 heterocycles. The quantitative estimate of drug-likeness (QED) is 0.527. The Labute approximate surface area is 175 Å². The van der Waals surface area contributed by atoms with Crippen LogP contribution in [0.15, 0.2) is 49.2 Å². The predicted octanol–water partition coefficient (Wildman–Crippen LogP) is 3.75. The predicted molar refractivity (Wildman–Crippen MR) is 102 cm³/mol. The van der Waals surface area contributed by atoms with Crippen molar-refractivity contribution in [3.8, 4) is 11.6 Å². The second kappa shape index (κ2) is 9.11. The highest BCUT2D eigenvalue weighted by molar-refractivity contribution is 5.97. The van der Waals surface area contributed by atoms with Crippen LogP contribution in [-0.2, 0) is 6.18 Å². The maximum atomic E-state index is 14.0. The Kier molecular flexibility index (Phi) is 6.52. The number of alkyl halides is 3. The Hall–Kier alpha value is -3.50. The summed E-state index contributed by atoms with van der Waals surface area (Å²) in [6, 6.07) is 3.15. The van der Waals surface area contributed by atoms with Crippen molar-refractivity contribution in [1.82, 2.24) is 24.6 Å². The van der Waals surface area contributed by atoms with Gasteiger partial charge in [0.15, 0.2) is 5.82 Å². The first kappa shape index (κ1) is 22.2. The molecule has 3 aromatic heterocycles. The highest BCUT2D eigenvalue weighted by Crippen LogP contribution is 2.30. The summed E-state index contributed by atoms with van der Waals surface area (Å²) in [6.45, 7) is 3.56. The van der Waals surface area contributed by atoms with Gasteiger partial charge in [0.05, 0.1) is 22.9 Å². The molecule has 0 saturated heterocycles. The fourth-order valence-electron chi connectivity index (χ4n) is 2.95. The summed E-state index contributed by atoms with van der Waals surface area (Å²) in [5, 5.41) is 4.13. The smallest absolute Gasteiger partial charge is 0.417 e. The Balaban J connectivity index is 1.74. The number of carbonyl (C=O) groups is 1. The molecule has 3 aromatic rings. The summed E-state index contributed by atoms with van der Waals surface area (Å²) in [4.78, 5) is 22.0. The molecule has 0 radical (unpaired) electrons. The number of aromatic nitrogens is 4. The van der Waals surface area contributed by atoms with Crippen LogP contribution >= 0.6 is 0 Å². The minimum atomic E-state index is -4.71. The van der Waals surface area contributed by atoms with Gasteiger partial charge < -0.3 is 9.64 Å². The first-order valence-electron chi connectivity index (χ1n) is 9.33. The van der Waals surface area contributed by atoms with Crippen LogP contribution in [0.3, 0.4) is 0 Å². The van der Waals surface area contributed by atoms with Gasteiger partial charge in [0.2, 0.25) is 5.88 Å². The monoisotopic (exact) mass is 437 g/mol. The number of nitrogens with zero attached hydrogens (tertiary/aromatic N) is 5. The normalized spacial score (nSPS) is 12.5. The lowest BCUT2D eigenvalue weighted by Gasteiger charge is -2.28. The van der Waals surface area contributed by atoms with Crippen molar-refractivity contribution in [2.75, 3.05) is 13.2 Å². The molecule has 11 heteroatoms. The number of hydrogen-bond acceptors (Lipinski definition) is 5. The van der Waals surface area contributed by atoms with Gasteiger partial charge in [-0.25, -0.2) is 14.1 Å². The molecule has 0 spiro atoms. The van der Waals surface area contributed by atoms with Crippen molar-refractivity contribution in [3.63, 3.8) is 0 Å². The third kappa shape index (κ3) is 4.98. The van der Waals surface area contributed by atoms with E-state index in [1.54, 1.807) is 38.4 Å². The van der Waals surface area contributed by atoms with Crippen LogP contribution in [0.5, 0.6) is 5.88 Å². The second-order valence-electron chi connectivity index (χ2n) is 6.60. The van der Waals surface area contributed by atoms with Gasteiger partial charge in [-0.2, -0.15) is 18.3 Å². The molecule has 0 bridgehead atoms. The molecule has 164 valence electrons. The molecule has 1 amide bonds. The molecule has 7 nitrogen and oxygen atoms in total. The van der Waals surface area contributed by atoms with Gasteiger partial charge in [-0.1, -0.05) is 0 Å². The van der Waals surface area contributed by atoms with Crippen LogP contribution in [0.1, 0.15) is 29.8 Å². The number of pyridine rings is 2. The van der Waals surface area contributed by atoms with Gasteiger partial charge in [0.25, 0.3) is 5.91 Å². The van der Waals surface area contributed by atoms with E-state index in [1.165, 1.54) is 22.0 Å². The Morgan fingerprint density at radius 3 is 2.68 bits per heavy atom. The van der Waals surface area contributed by atoms with Gasteiger partial charge in [0.1, 0.15) is 6.61 Å². The first-order valence-corrected chi connectivity index (χ1v) is 9.33. The Bertz CT molecular complexity index is 1040. The van der Waals surface area contributed by atoms with Gasteiger partial charge in [-0.05, 0) is 32.0 Å². The summed E-state index contributed by atoms with van der Waals surface area (Å²) in [5.41, 5.74) is -0.371. The second-order valence-corrected chi connectivity index (χ2v) is 6.60. The molecule has 0 aliphatic rings. The SMILES string of the molecule is CCN(C(=O)c1cnccc1-n1cccn1)[C@@H](C)COc1ncc(C(F)(F)F)cc1F. The van der Waals surface area contributed by atoms with E-state index in [4.69, 9.17) is 4.74 Å². The number of carbonyl (C=O) groups excluding carboxylic acids is 1. The van der Waals surface area contributed by atoms with Crippen LogP contribution in [-0.4, -0.2) is 49.7 Å². The molecular weight excluding hydrogens is 418 g/mol. The van der Waals surface area contributed by atoms with Crippen molar-refractivity contribution < 1.29 is 27.1 Å². The lowest BCUT2D eigenvalue weighted by atomic mass is 10.1. The van der Waals surface area contributed by atoms with Gasteiger partial charge in [-0.3, -0.25) is 9.78 Å². The van der Waals surface area contributed by atoms with Crippen LogP contribution in [0.2, 0.25) is 0 Å². The van der Waals surface area contributed by atoms with Crippen LogP contribution in [0, 0.1) is 5.82 Å². The molecule has 0 fully saturated rings. The van der Waals surface area contributed by atoms with Gasteiger partial charge >= 0.3 is 6.18 Å². The molecule has 0 unspecified atom stereocenters. The summed E-state index contributed by atoms with van der Waals surface area (Å²) >= 11 is 0. The minimum Gasteiger partial charge on any atom is -0.473 e. The van der Waals surface area contributed by atoms with E-state index in [0.29, 0.717) is 30.1 Å². The lowest BCUT2D eigenvalue weighted by molar-refractivity contribution is -0.138. The molecular formula is C20H19F4N5O2. The molecule has 31 heavy (non-hydrogen) atoms. The number of likely N-dealkylation sites (N-methyl/N-ethyl adjacent to an activating group) is 1. The fourth-order valence-corrected chi connectivity index (χ4v) is 2.95. The number of ether oxygens (including phenoxy) is 1. The van der Waals surface area contributed by atoms with Crippen LogP contribution in [0.25, 0.3) is 5.69 Å². The standard InChI is InChI=1S/C20H19F4N5O2/c1-3-28(19(30)15-11-25-7-5-17(15)29-8-4-6-27-29)13(2)12-31-18-16(21)9-14(10-26-18)20(22,23)24/h4-11,13H,3,12H2,1-2H3/t13-/m0/s1. The van der Waals surface area contributed by atoms with Crippen molar-refractivity contribution >= 4 is 5.91 Å². The van der Waals surface area contributed by atoms with Crippen molar-refractivity contribution in [2.45, 2.75) is 26.1 Å². The average molecular weight is 437 g/mol. The van der Waals surface area contributed by atoms with Gasteiger partial charge in [0, 0.05) is 37.5 Å². The van der Waals surface area contributed by atoms with Gasteiger partial charge in [-0.15, -0.1) is 0 Å². The Morgan fingerprint density at radius 2 is 2.06 bits per heavy atom. The zero-order chi connectivity index (χ0) is 22.6. The fraction of sp³-hybridized carbons (Fsp3) is 0.300. The topological polar surface area (TPSA) is 73.1 Å². The third-order valence-electron chi connectivity index (χ3n) is 4.51. The highest BCUT2D eigenvalue weighted by atomic mass is 19.4. The lowest BCUT2D eigenvalue weighted by Crippen LogP contribution is -2.42. The molecule has 0 saturated carbocycles. The van der Waals surface area contributed by atoms with E-state index >= 15 is 0 Å². The van der Waals surface area contributed by atoms with Crippen LogP contribution in [0.4, 0.5) is 17.6 Å². The number of halogens is 4. The summed E-state index contributed by atoms with van der Waals surface area (Å²) in [5.74, 6) is -2.15. The maximum absolute atomic E-state index is 14.0. The maximum Gasteiger partial charge on any atom is 0.417 e. The molecule has 3 rings (SSSR count). The summed E-state index contributed by atoms with van der Waals surface area (Å²) < 4.78 is 58.7. The molecule has 1 atom stereocenters. The van der Waals surface area contributed by atoms with E-state index < -0.39 is 29.5 Å². The van der Waals surface area contributed by atoms with Crippen molar-refractivity contribution in [1.29, 1.82) is 0 Å². The van der Waals surface area contributed by atoms with Crippen LogP contribution < -0.4 is 4.74 Å². The number of amides is 1. The minimum absolute atomic E-state index is 0.174. The summed E-state index contributed by atoms with van der Waals surface area (Å²) in [6.07, 6.45) is 2.02. The highest BCUT2D eigenvalue weighted by Gasteiger charge is 2.32. The molecule has 0 aliphatic heterocycles. The van der Waals surface area contributed by atoms with E-state index in [2.05, 4.69) is 15.1 Å². The summed E-state index contributed by atoms with van der Waals surface area (Å²) in [7, 11) is 0. The zero-order valence-corrected chi connectivity index (χ0v) is 16.7. The molecule has 0 N–H and O–H groups in total.